The van der Waals surface area contributed by atoms with Crippen LogP contribution in [0, 0.1) is 0 Å². The summed E-state index contributed by atoms with van der Waals surface area (Å²) in [6.45, 7) is 2.68. The molecule has 1 atom stereocenters. The number of amidine groups is 1. The molecule has 0 aliphatic heterocycles. The zero-order chi connectivity index (χ0) is 15.2. The van der Waals surface area contributed by atoms with Crippen LogP contribution in [0.4, 0.5) is 0 Å². The summed E-state index contributed by atoms with van der Waals surface area (Å²) in [5, 5.41) is 16.0. The molecule has 0 saturated carbocycles. The van der Waals surface area contributed by atoms with E-state index >= 15 is 0 Å². The highest BCUT2D eigenvalue weighted by atomic mass is 35.5. The highest BCUT2D eigenvalue weighted by Crippen LogP contribution is 2.18. The van der Waals surface area contributed by atoms with E-state index in [9.17, 15) is 0 Å². The maximum absolute atomic E-state index is 8.83. The molecule has 2 aromatic carbocycles. The summed E-state index contributed by atoms with van der Waals surface area (Å²) in [4.78, 5) is 0. The summed E-state index contributed by atoms with van der Waals surface area (Å²) in [7, 11) is 0. The number of nitrogens with two attached hydrogens (primary N) is 1. The van der Waals surface area contributed by atoms with Gasteiger partial charge < -0.3 is 16.3 Å². The normalized spacial score (nSPS) is 13.1. The third kappa shape index (κ3) is 3.97. The molecule has 2 rings (SSSR count). The maximum Gasteiger partial charge on any atom is 0.170 e. The van der Waals surface area contributed by atoms with Gasteiger partial charge in [-0.05, 0) is 30.2 Å². The van der Waals surface area contributed by atoms with E-state index in [4.69, 9.17) is 22.5 Å². The van der Waals surface area contributed by atoms with Gasteiger partial charge in [-0.3, -0.25) is 0 Å². The van der Waals surface area contributed by atoms with Gasteiger partial charge in [0, 0.05) is 23.2 Å². The van der Waals surface area contributed by atoms with Gasteiger partial charge in [0.25, 0.3) is 0 Å². The van der Waals surface area contributed by atoms with E-state index in [1.165, 1.54) is 0 Å². The van der Waals surface area contributed by atoms with Crippen molar-refractivity contribution in [3.05, 3.63) is 70.2 Å². The summed E-state index contributed by atoms with van der Waals surface area (Å²) < 4.78 is 0. The lowest BCUT2D eigenvalue weighted by Gasteiger charge is -2.16. The number of nitrogens with one attached hydrogen (secondary N) is 1. The minimum atomic E-state index is 0.114. The topological polar surface area (TPSA) is 70.6 Å². The lowest BCUT2D eigenvalue weighted by molar-refractivity contribution is 0.318. The standard InChI is InChI=1S/C16H18ClN3O/c1-11(12-6-4-7-14(17)9-12)19-10-13-5-2-3-8-15(13)16(18)20-21/h2-9,11,19,21H,10H2,1H3,(H2,18,20). The molecule has 0 aliphatic rings. The number of rotatable bonds is 5. The van der Waals surface area contributed by atoms with Crippen molar-refractivity contribution >= 4 is 17.4 Å². The first-order valence-electron chi connectivity index (χ1n) is 6.66. The SMILES string of the molecule is CC(NCc1ccccc1C(N)=NO)c1cccc(Cl)c1. The molecule has 21 heavy (non-hydrogen) atoms. The Hall–Kier alpha value is -2.04. The molecule has 4 nitrogen and oxygen atoms in total. The highest BCUT2D eigenvalue weighted by molar-refractivity contribution is 6.30. The zero-order valence-electron chi connectivity index (χ0n) is 11.8. The Labute approximate surface area is 129 Å². The van der Waals surface area contributed by atoms with Gasteiger partial charge in [-0.15, -0.1) is 0 Å². The average Bonchev–Trinajstić information content (AvgIpc) is 2.52. The van der Waals surface area contributed by atoms with Gasteiger partial charge in [-0.25, -0.2) is 0 Å². The van der Waals surface area contributed by atoms with Crippen LogP contribution in [0.3, 0.4) is 0 Å². The summed E-state index contributed by atoms with van der Waals surface area (Å²) in [5.74, 6) is 0.114. The molecule has 2 aromatic rings. The smallest absolute Gasteiger partial charge is 0.170 e. The largest absolute Gasteiger partial charge is 0.409 e. The van der Waals surface area contributed by atoms with Crippen molar-refractivity contribution in [2.75, 3.05) is 0 Å². The molecular weight excluding hydrogens is 286 g/mol. The summed E-state index contributed by atoms with van der Waals surface area (Å²) in [6, 6.07) is 15.5. The van der Waals surface area contributed by atoms with Crippen LogP contribution >= 0.6 is 11.6 Å². The summed E-state index contributed by atoms with van der Waals surface area (Å²) >= 11 is 6.00. The van der Waals surface area contributed by atoms with Gasteiger partial charge >= 0.3 is 0 Å². The average molecular weight is 304 g/mol. The van der Waals surface area contributed by atoms with E-state index in [1.807, 2.05) is 48.5 Å². The first-order chi connectivity index (χ1) is 10.1. The van der Waals surface area contributed by atoms with Crippen LogP contribution in [-0.2, 0) is 6.54 Å². The number of nitrogens with zero attached hydrogens (tertiary/aromatic N) is 1. The first-order valence-corrected chi connectivity index (χ1v) is 7.04. The zero-order valence-corrected chi connectivity index (χ0v) is 12.5. The maximum atomic E-state index is 8.83. The Balaban J connectivity index is 2.10. The molecule has 0 fully saturated rings. The Morgan fingerprint density at radius 3 is 2.76 bits per heavy atom. The predicted molar refractivity (Wildman–Crippen MR) is 85.7 cm³/mol. The van der Waals surface area contributed by atoms with Crippen LogP contribution in [0.1, 0.15) is 29.7 Å². The van der Waals surface area contributed by atoms with Crippen LogP contribution in [0.15, 0.2) is 53.7 Å². The quantitative estimate of drug-likeness (QED) is 0.343. The number of benzene rings is 2. The molecule has 4 N–H and O–H groups in total. The molecule has 0 aromatic heterocycles. The van der Waals surface area contributed by atoms with Gasteiger partial charge in [0.2, 0.25) is 0 Å². The molecule has 110 valence electrons. The van der Waals surface area contributed by atoms with Crippen molar-refractivity contribution < 1.29 is 5.21 Å². The number of halogens is 1. The summed E-state index contributed by atoms with van der Waals surface area (Å²) in [5.41, 5.74) is 8.50. The lowest BCUT2D eigenvalue weighted by Crippen LogP contribution is -2.22. The molecule has 1 unspecified atom stereocenters. The third-order valence-corrected chi connectivity index (χ3v) is 3.58. The van der Waals surface area contributed by atoms with E-state index in [0.717, 1.165) is 21.7 Å². The number of hydrogen-bond acceptors (Lipinski definition) is 3. The van der Waals surface area contributed by atoms with Gasteiger partial charge in [0.1, 0.15) is 0 Å². The van der Waals surface area contributed by atoms with Gasteiger partial charge in [-0.1, -0.05) is 53.2 Å². The number of oxime groups is 1. The van der Waals surface area contributed by atoms with Gasteiger partial charge in [-0.2, -0.15) is 0 Å². The molecule has 0 aliphatic carbocycles. The van der Waals surface area contributed by atoms with E-state index in [1.54, 1.807) is 0 Å². The molecule has 5 heteroatoms. The second-order valence-electron chi connectivity index (χ2n) is 4.80. The molecule has 0 heterocycles. The predicted octanol–water partition coefficient (Wildman–Crippen LogP) is 3.29. The fraction of sp³-hybridized carbons (Fsp3) is 0.188. The van der Waals surface area contributed by atoms with Crippen molar-refractivity contribution in [2.45, 2.75) is 19.5 Å². The molecular formula is C16H18ClN3O. The summed E-state index contributed by atoms with van der Waals surface area (Å²) in [6.07, 6.45) is 0. The van der Waals surface area contributed by atoms with E-state index in [2.05, 4.69) is 17.4 Å². The Morgan fingerprint density at radius 2 is 2.05 bits per heavy atom. The van der Waals surface area contributed by atoms with Crippen LogP contribution in [0.5, 0.6) is 0 Å². The van der Waals surface area contributed by atoms with Crippen LogP contribution in [-0.4, -0.2) is 11.0 Å². The van der Waals surface area contributed by atoms with Crippen molar-refractivity contribution in [3.8, 4) is 0 Å². The first kappa shape index (κ1) is 15.4. The van der Waals surface area contributed by atoms with Crippen LogP contribution in [0.25, 0.3) is 0 Å². The highest BCUT2D eigenvalue weighted by Gasteiger charge is 2.09. The lowest BCUT2D eigenvalue weighted by atomic mass is 10.0. The van der Waals surface area contributed by atoms with E-state index in [-0.39, 0.29) is 11.9 Å². The Kier molecular flexibility index (Phi) is 5.20. The van der Waals surface area contributed by atoms with Crippen LogP contribution in [0.2, 0.25) is 5.02 Å². The molecule has 0 radical (unpaired) electrons. The second kappa shape index (κ2) is 7.11. The fourth-order valence-electron chi connectivity index (χ4n) is 2.14. The van der Waals surface area contributed by atoms with Crippen molar-refractivity contribution in [1.82, 2.24) is 5.32 Å². The van der Waals surface area contributed by atoms with Gasteiger partial charge in [0.05, 0.1) is 0 Å². The Bertz CT molecular complexity index is 643. The minimum absolute atomic E-state index is 0.114. The van der Waals surface area contributed by atoms with E-state index < -0.39 is 0 Å². The van der Waals surface area contributed by atoms with E-state index in [0.29, 0.717) is 6.54 Å². The Morgan fingerprint density at radius 1 is 1.29 bits per heavy atom. The van der Waals surface area contributed by atoms with Crippen LogP contribution < -0.4 is 11.1 Å². The van der Waals surface area contributed by atoms with Gasteiger partial charge in [0.15, 0.2) is 5.84 Å². The molecule has 0 bridgehead atoms. The molecule has 0 amide bonds. The third-order valence-electron chi connectivity index (χ3n) is 3.35. The monoisotopic (exact) mass is 303 g/mol. The second-order valence-corrected chi connectivity index (χ2v) is 5.24. The molecule has 0 spiro atoms. The minimum Gasteiger partial charge on any atom is -0.409 e. The van der Waals surface area contributed by atoms with Crippen molar-refractivity contribution in [1.29, 1.82) is 0 Å². The van der Waals surface area contributed by atoms with Crippen molar-refractivity contribution in [2.24, 2.45) is 10.9 Å². The fourth-order valence-corrected chi connectivity index (χ4v) is 2.33. The number of hydrogen-bond donors (Lipinski definition) is 3. The van der Waals surface area contributed by atoms with Crippen molar-refractivity contribution in [3.63, 3.8) is 0 Å². The molecule has 0 saturated heterocycles.